The highest BCUT2D eigenvalue weighted by Crippen LogP contribution is 2.19. The maximum Gasteiger partial charge on any atom is 0.261 e. The van der Waals surface area contributed by atoms with Crippen molar-refractivity contribution in [2.24, 2.45) is 0 Å². The highest BCUT2D eigenvalue weighted by Gasteiger charge is 2.30. The normalized spacial score (nSPS) is 11.5. The van der Waals surface area contributed by atoms with Crippen molar-refractivity contribution in [3.05, 3.63) is 101 Å². The SMILES string of the molecule is CCNC(=O)[C@@H](Cc1ccccc1)N(Cc1ccccc1C)C(=O)COc1ccccc1F. The number of ether oxygens (including phenoxy) is 1. The fraction of sp³-hybridized carbons (Fsp3) is 0.259. The number of nitrogens with one attached hydrogen (secondary N) is 1. The van der Waals surface area contributed by atoms with Crippen LogP contribution in [0.1, 0.15) is 23.6 Å². The first-order chi connectivity index (χ1) is 16.0. The highest BCUT2D eigenvalue weighted by molar-refractivity contribution is 5.88. The molecule has 5 nitrogen and oxygen atoms in total. The van der Waals surface area contributed by atoms with E-state index in [2.05, 4.69) is 5.32 Å². The van der Waals surface area contributed by atoms with Gasteiger partial charge in [-0.15, -0.1) is 0 Å². The number of carbonyl (C=O) groups excluding carboxylic acids is 2. The lowest BCUT2D eigenvalue weighted by atomic mass is 10.0. The number of hydrogen-bond donors (Lipinski definition) is 1. The molecule has 0 bridgehead atoms. The molecule has 0 heterocycles. The quantitative estimate of drug-likeness (QED) is 0.503. The summed E-state index contributed by atoms with van der Waals surface area (Å²) in [5.74, 6) is -1.18. The Balaban J connectivity index is 1.91. The molecule has 172 valence electrons. The van der Waals surface area contributed by atoms with E-state index in [4.69, 9.17) is 4.74 Å². The van der Waals surface area contributed by atoms with Crippen LogP contribution < -0.4 is 10.1 Å². The molecule has 0 radical (unpaired) electrons. The molecule has 0 unspecified atom stereocenters. The summed E-state index contributed by atoms with van der Waals surface area (Å²) in [4.78, 5) is 28.0. The summed E-state index contributed by atoms with van der Waals surface area (Å²) < 4.78 is 19.5. The van der Waals surface area contributed by atoms with E-state index in [-0.39, 0.29) is 24.8 Å². The van der Waals surface area contributed by atoms with Gasteiger partial charge in [-0.3, -0.25) is 9.59 Å². The predicted molar refractivity (Wildman–Crippen MR) is 126 cm³/mol. The zero-order chi connectivity index (χ0) is 23.6. The third-order valence-corrected chi connectivity index (χ3v) is 5.41. The lowest BCUT2D eigenvalue weighted by molar-refractivity contribution is -0.142. The monoisotopic (exact) mass is 448 g/mol. The number of carbonyl (C=O) groups is 2. The van der Waals surface area contributed by atoms with E-state index in [1.807, 2.05) is 68.4 Å². The summed E-state index contributed by atoms with van der Waals surface area (Å²) in [5.41, 5.74) is 2.88. The average molecular weight is 449 g/mol. The van der Waals surface area contributed by atoms with Gasteiger partial charge in [0.1, 0.15) is 6.04 Å². The zero-order valence-electron chi connectivity index (χ0n) is 19.0. The van der Waals surface area contributed by atoms with Crippen LogP contribution in [0.5, 0.6) is 5.75 Å². The van der Waals surface area contributed by atoms with Crippen molar-refractivity contribution in [2.75, 3.05) is 13.2 Å². The van der Waals surface area contributed by atoms with E-state index < -0.39 is 17.8 Å². The van der Waals surface area contributed by atoms with Gasteiger partial charge in [-0.2, -0.15) is 0 Å². The highest BCUT2D eigenvalue weighted by atomic mass is 19.1. The molecule has 0 aliphatic heterocycles. The fourth-order valence-corrected chi connectivity index (χ4v) is 3.60. The summed E-state index contributed by atoms with van der Waals surface area (Å²) in [6.07, 6.45) is 0.351. The second-order valence-corrected chi connectivity index (χ2v) is 7.77. The third-order valence-electron chi connectivity index (χ3n) is 5.41. The van der Waals surface area contributed by atoms with Gasteiger partial charge in [0.25, 0.3) is 5.91 Å². The Morgan fingerprint density at radius 3 is 2.33 bits per heavy atom. The molecule has 3 aromatic carbocycles. The van der Waals surface area contributed by atoms with Crippen molar-refractivity contribution < 1.29 is 18.7 Å². The molecule has 3 aromatic rings. The minimum Gasteiger partial charge on any atom is -0.481 e. The van der Waals surface area contributed by atoms with Gasteiger partial charge in [-0.05, 0) is 42.7 Å². The third kappa shape index (κ3) is 6.65. The molecule has 0 saturated heterocycles. The zero-order valence-corrected chi connectivity index (χ0v) is 19.0. The molecule has 1 atom stereocenters. The number of likely N-dealkylation sites (N-methyl/N-ethyl adjacent to an activating group) is 1. The molecule has 0 aliphatic carbocycles. The largest absolute Gasteiger partial charge is 0.481 e. The van der Waals surface area contributed by atoms with Gasteiger partial charge in [0.2, 0.25) is 5.91 Å². The van der Waals surface area contributed by atoms with E-state index >= 15 is 0 Å². The summed E-state index contributed by atoms with van der Waals surface area (Å²) in [6.45, 7) is 4.11. The van der Waals surface area contributed by atoms with Gasteiger partial charge < -0.3 is 15.0 Å². The molecule has 0 aromatic heterocycles. The van der Waals surface area contributed by atoms with E-state index in [0.717, 1.165) is 16.7 Å². The summed E-state index contributed by atoms with van der Waals surface area (Å²) >= 11 is 0. The average Bonchev–Trinajstić information content (AvgIpc) is 2.82. The van der Waals surface area contributed by atoms with Crippen LogP contribution in [0.15, 0.2) is 78.9 Å². The van der Waals surface area contributed by atoms with Gasteiger partial charge in [0, 0.05) is 19.5 Å². The van der Waals surface area contributed by atoms with Crippen LogP contribution in [0.25, 0.3) is 0 Å². The molecule has 33 heavy (non-hydrogen) atoms. The molecular formula is C27H29FN2O3. The smallest absolute Gasteiger partial charge is 0.261 e. The summed E-state index contributed by atoms with van der Waals surface area (Å²) in [5, 5.41) is 2.85. The van der Waals surface area contributed by atoms with E-state index in [1.165, 1.54) is 17.0 Å². The van der Waals surface area contributed by atoms with Crippen molar-refractivity contribution in [3.8, 4) is 5.75 Å². The van der Waals surface area contributed by atoms with Crippen LogP contribution in [0, 0.1) is 12.7 Å². The molecule has 0 aliphatic rings. The minimum absolute atomic E-state index is 0.000638. The predicted octanol–water partition coefficient (Wildman–Crippen LogP) is 4.29. The molecule has 0 fully saturated rings. The van der Waals surface area contributed by atoms with Crippen molar-refractivity contribution >= 4 is 11.8 Å². The van der Waals surface area contributed by atoms with Crippen LogP contribution in [0.3, 0.4) is 0 Å². The summed E-state index contributed by atoms with van der Waals surface area (Å²) in [6, 6.07) is 22.5. The Kier molecular flexibility index (Phi) is 8.58. The molecule has 0 saturated carbocycles. The topological polar surface area (TPSA) is 58.6 Å². The number of nitrogens with zero attached hydrogens (tertiary/aromatic N) is 1. The molecule has 2 amide bonds. The number of para-hydroxylation sites is 1. The number of benzene rings is 3. The van der Waals surface area contributed by atoms with Crippen LogP contribution >= 0.6 is 0 Å². The minimum atomic E-state index is -0.747. The van der Waals surface area contributed by atoms with Gasteiger partial charge in [0.05, 0.1) is 0 Å². The molecular weight excluding hydrogens is 419 g/mol. The first-order valence-electron chi connectivity index (χ1n) is 11.0. The number of amides is 2. The van der Waals surface area contributed by atoms with E-state index in [1.54, 1.807) is 12.1 Å². The number of halogens is 1. The van der Waals surface area contributed by atoms with Crippen molar-refractivity contribution in [1.29, 1.82) is 0 Å². The molecule has 0 spiro atoms. The maximum absolute atomic E-state index is 14.0. The second-order valence-electron chi connectivity index (χ2n) is 7.77. The first-order valence-corrected chi connectivity index (χ1v) is 11.0. The van der Waals surface area contributed by atoms with E-state index in [0.29, 0.717) is 13.0 Å². The van der Waals surface area contributed by atoms with Crippen molar-refractivity contribution in [1.82, 2.24) is 10.2 Å². The summed E-state index contributed by atoms with van der Waals surface area (Å²) in [7, 11) is 0. The Morgan fingerprint density at radius 2 is 1.64 bits per heavy atom. The standard InChI is InChI=1S/C27H29FN2O3/c1-3-29-27(32)24(17-21-12-5-4-6-13-21)30(18-22-14-8-7-11-20(22)2)26(31)19-33-25-16-10-9-15-23(25)28/h4-16,24H,3,17-19H2,1-2H3,(H,29,32)/t24-/m1/s1. The van der Waals surface area contributed by atoms with Crippen LogP contribution in [-0.4, -0.2) is 35.9 Å². The number of rotatable bonds is 10. The van der Waals surface area contributed by atoms with Crippen molar-refractivity contribution in [2.45, 2.75) is 32.9 Å². The Morgan fingerprint density at radius 1 is 0.970 bits per heavy atom. The molecule has 1 N–H and O–H groups in total. The number of aryl methyl sites for hydroxylation is 1. The first kappa shape index (κ1) is 24.0. The fourth-order valence-electron chi connectivity index (χ4n) is 3.60. The Labute approximate surface area is 194 Å². The van der Waals surface area contributed by atoms with Crippen LogP contribution in [0.2, 0.25) is 0 Å². The van der Waals surface area contributed by atoms with E-state index in [9.17, 15) is 14.0 Å². The Hall–Kier alpha value is -3.67. The van der Waals surface area contributed by atoms with Gasteiger partial charge in [-0.25, -0.2) is 4.39 Å². The van der Waals surface area contributed by atoms with Crippen LogP contribution in [0.4, 0.5) is 4.39 Å². The van der Waals surface area contributed by atoms with Crippen molar-refractivity contribution in [3.63, 3.8) is 0 Å². The Bertz CT molecular complexity index is 1070. The van der Waals surface area contributed by atoms with Gasteiger partial charge in [0.15, 0.2) is 18.2 Å². The van der Waals surface area contributed by atoms with Gasteiger partial charge >= 0.3 is 0 Å². The van der Waals surface area contributed by atoms with Crippen LogP contribution in [-0.2, 0) is 22.6 Å². The molecule has 6 heteroatoms. The second kappa shape index (κ2) is 11.8. The lowest BCUT2D eigenvalue weighted by Gasteiger charge is -2.31. The number of hydrogen-bond acceptors (Lipinski definition) is 3. The molecule has 3 rings (SSSR count). The lowest BCUT2D eigenvalue weighted by Crippen LogP contribution is -2.51. The maximum atomic E-state index is 14.0. The van der Waals surface area contributed by atoms with Gasteiger partial charge in [-0.1, -0.05) is 66.7 Å².